The zero-order valence-electron chi connectivity index (χ0n) is 11.3. The molecule has 1 aliphatic carbocycles. The molecule has 0 unspecified atom stereocenters. The molecule has 0 radical (unpaired) electrons. The van der Waals surface area contributed by atoms with Crippen LogP contribution in [0.2, 0.25) is 0 Å². The first-order valence-electron chi connectivity index (χ1n) is 6.62. The Morgan fingerprint density at radius 1 is 1.21 bits per heavy atom. The number of aromatic amines is 2. The topological polar surface area (TPSA) is 51.7 Å². The summed E-state index contributed by atoms with van der Waals surface area (Å²) in [4.78, 5) is 19.0. The first-order chi connectivity index (χ1) is 9.09. The van der Waals surface area contributed by atoms with Crippen molar-refractivity contribution in [3.05, 3.63) is 45.5 Å². The second-order valence-corrected chi connectivity index (χ2v) is 5.54. The standard InChI is InChI=1S/C15H15N3O/c1-7-8(2)17-13-10(7)14-11-9(4-5-18(14)3)6-16-12(11)15(13)19/h6H,4-5H2,1-3H3,(H,16,17,19)/p+1. The fourth-order valence-electron chi connectivity index (χ4n) is 3.33. The number of aromatic nitrogens is 2. The number of likely N-dealkylation sites (N-methyl/N-ethyl adjacent to an activating group) is 1. The van der Waals surface area contributed by atoms with Crippen LogP contribution in [-0.2, 0) is 6.42 Å². The summed E-state index contributed by atoms with van der Waals surface area (Å²) in [7, 11) is 2.11. The zero-order valence-corrected chi connectivity index (χ0v) is 11.3. The van der Waals surface area contributed by atoms with Crippen LogP contribution >= 0.6 is 0 Å². The average Bonchev–Trinajstić information content (AvgIpc) is 2.93. The SMILES string of the molecule is Cc1[nH]c2c(c1C)C1=[N+](C)CCc3c[nH]c(c31)C2=O. The molecule has 0 aromatic carbocycles. The van der Waals surface area contributed by atoms with Crippen LogP contribution in [0.5, 0.6) is 0 Å². The Labute approximate surface area is 111 Å². The number of hydrogen-bond donors (Lipinski definition) is 2. The molecule has 0 saturated heterocycles. The van der Waals surface area contributed by atoms with Crippen molar-refractivity contribution >= 4 is 11.5 Å². The van der Waals surface area contributed by atoms with Crippen molar-refractivity contribution in [3.8, 4) is 0 Å². The molecular formula is C15H16N3O+. The van der Waals surface area contributed by atoms with E-state index in [9.17, 15) is 4.79 Å². The second-order valence-electron chi connectivity index (χ2n) is 5.54. The van der Waals surface area contributed by atoms with Crippen LogP contribution in [0.25, 0.3) is 0 Å². The summed E-state index contributed by atoms with van der Waals surface area (Å²) in [5, 5.41) is 0. The van der Waals surface area contributed by atoms with Crippen molar-refractivity contribution in [1.82, 2.24) is 9.97 Å². The van der Waals surface area contributed by atoms with Gasteiger partial charge in [0.2, 0.25) is 11.5 Å². The van der Waals surface area contributed by atoms with E-state index in [1.54, 1.807) is 0 Å². The van der Waals surface area contributed by atoms with Crippen molar-refractivity contribution in [1.29, 1.82) is 0 Å². The Kier molecular flexibility index (Phi) is 1.85. The number of hydrogen-bond acceptors (Lipinski definition) is 1. The highest BCUT2D eigenvalue weighted by atomic mass is 16.1. The highest BCUT2D eigenvalue weighted by Crippen LogP contribution is 2.34. The normalized spacial score (nSPS) is 16.7. The largest absolute Gasteiger partial charge is 0.357 e. The second kappa shape index (κ2) is 3.26. The minimum atomic E-state index is 0.0894. The highest BCUT2D eigenvalue weighted by molar-refractivity contribution is 6.28. The van der Waals surface area contributed by atoms with Gasteiger partial charge in [0, 0.05) is 18.3 Å². The first kappa shape index (κ1) is 10.8. The third-order valence-electron chi connectivity index (χ3n) is 4.49. The van der Waals surface area contributed by atoms with Crippen molar-refractivity contribution in [3.63, 3.8) is 0 Å². The van der Waals surface area contributed by atoms with E-state index in [1.807, 2.05) is 13.1 Å². The van der Waals surface area contributed by atoms with Crippen LogP contribution in [0.4, 0.5) is 0 Å². The molecule has 2 aromatic rings. The van der Waals surface area contributed by atoms with Gasteiger partial charge in [-0.05, 0) is 25.0 Å². The van der Waals surface area contributed by atoms with Gasteiger partial charge >= 0.3 is 0 Å². The minimum absolute atomic E-state index is 0.0894. The molecule has 3 heterocycles. The molecule has 4 rings (SSSR count). The molecule has 0 saturated carbocycles. The van der Waals surface area contributed by atoms with Gasteiger partial charge in [0.25, 0.3) is 0 Å². The number of rotatable bonds is 0. The van der Waals surface area contributed by atoms with Crippen LogP contribution in [0.1, 0.15) is 44.1 Å². The summed E-state index contributed by atoms with van der Waals surface area (Å²) in [5.41, 5.74) is 8.42. The molecule has 0 bridgehead atoms. The summed E-state index contributed by atoms with van der Waals surface area (Å²) < 4.78 is 2.27. The Morgan fingerprint density at radius 3 is 2.79 bits per heavy atom. The number of H-pyrrole nitrogens is 2. The molecule has 0 amide bonds. The smallest absolute Gasteiger partial charge is 0.227 e. The zero-order chi connectivity index (χ0) is 13.3. The molecule has 1 aliphatic heterocycles. The van der Waals surface area contributed by atoms with Crippen LogP contribution in [0, 0.1) is 13.8 Å². The summed E-state index contributed by atoms with van der Waals surface area (Å²) in [5.74, 6) is 0.0894. The van der Waals surface area contributed by atoms with E-state index in [0.29, 0.717) is 0 Å². The predicted octanol–water partition coefficient (Wildman–Crippen LogP) is 1.54. The Morgan fingerprint density at radius 2 is 2.00 bits per heavy atom. The van der Waals surface area contributed by atoms with Gasteiger partial charge in [0.15, 0.2) is 0 Å². The number of nitrogens with zero attached hydrogens (tertiary/aromatic N) is 1. The van der Waals surface area contributed by atoms with Crippen LogP contribution < -0.4 is 0 Å². The Bertz CT molecular complexity index is 774. The summed E-state index contributed by atoms with van der Waals surface area (Å²) >= 11 is 0. The number of aryl methyl sites for hydroxylation is 1. The van der Waals surface area contributed by atoms with Gasteiger partial charge in [-0.1, -0.05) is 0 Å². The Hall–Kier alpha value is -2.10. The van der Waals surface area contributed by atoms with E-state index >= 15 is 0 Å². The fourth-order valence-corrected chi connectivity index (χ4v) is 3.33. The van der Waals surface area contributed by atoms with E-state index in [0.717, 1.165) is 41.2 Å². The number of nitrogens with one attached hydrogen (secondary N) is 2. The molecule has 19 heavy (non-hydrogen) atoms. The molecular weight excluding hydrogens is 238 g/mol. The summed E-state index contributed by atoms with van der Waals surface area (Å²) in [6.07, 6.45) is 2.99. The molecule has 2 aromatic heterocycles. The van der Waals surface area contributed by atoms with Crippen LogP contribution in [-0.4, -0.2) is 39.6 Å². The van der Waals surface area contributed by atoms with E-state index in [1.165, 1.54) is 16.8 Å². The molecule has 2 aliphatic rings. The van der Waals surface area contributed by atoms with Crippen molar-refractivity contribution in [2.45, 2.75) is 20.3 Å². The monoisotopic (exact) mass is 254 g/mol. The summed E-state index contributed by atoms with van der Waals surface area (Å²) in [6.45, 7) is 5.11. The maximum Gasteiger partial charge on any atom is 0.227 e. The number of carbonyl (C=O) groups is 1. The number of carbonyl (C=O) groups excluding carboxylic acids is 1. The van der Waals surface area contributed by atoms with E-state index < -0.39 is 0 Å². The first-order valence-corrected chi connectivity index (χ1v) is 6.62. The maximum atomic E-state index is 12.6. The average molecular weight is 254 g/mol. The maximum absolute atomic E-state index is 12.6. The van der Waals surface area contributed by atoms with Gasteiger partial charge in [0.05, 0.1) is 11.1 Å². The molecule has 0 fully saturated rings. The van der Waals surface area contributed by atoms with Crippen LogP contribution in [0.15, 0.2) is 6.20 Å². The van der Waals surface area contributed by atoms with Gasteiger partial charge in [0.1, 0.15) is 25.0 Å². The summed E-state index contributed by atoms with van der Waals surface area (Å²) in [6, 6.07) is 0. The fraction of sp³-hybridized carbons (Fsp3) is 0.333. The predicted molar refractivity (Wildman–Crippen MR) is 72.5 cm³/mol. The molecule has 4 nitrogen and oxygen atoms in total. The van der Waals surface area contributed by atoms with Gasteiger partial charge in [-0.25, -0.2) is 4.58 Å². The molecule has 0 atom stereocenters. The third kappa shape index (κ3) is 1.14. The molecule has 96 valence electrons. The van der Waals surface area contributed by atoms with Crippen molar-refractivity contribution < 1.29 is 9.37 Å². The van der Waals surface area contributed by atoms with Gasteiger partial charge in [-0.15, -0.1) is 0 Å². The van der Waals surface area contributed by atoms with E-state index in [-0.39, 0.29) is 5.78 Å². The van der Waals surface area contributed by atoms with Crippen LogP contribution in [0.3, 0.4) is 0 Å². The molecule has 4 heteroatoms. The Balaban J connectivity index is 2.17. The van der Waals surface area contributed by atoms with Gasteiger partial charge in [-0.2, -0.15) is 0 Å². The molecule has 0 spiro atoms. The third-order valence-corrected chi connectivity index (χ3v) is 4.49. The quantitative estimate of drug-likeness (QED) is 0.587. The highest BCUT2D eigenvalue weighted by Gasteiger charge is 2.41. The van der Waals surface area contributed by atoms with Crippen molar-refractivity contribution in [2.75, 3.05) is 13.6 Å². The number of fused-ring (bicyclic) bond motifs is 2. The van der Waals surface area contributed by atoms with E-state index in [2.05, 4.69) is 28.5 Å². The van der Waals surface area contributed by atoms with Crippen molar-refractivity contribution in [2.24, 2.45) is 0 Å². The lowest BCUT2D eigenvalue weighted by molar-refractivity contribution is -0.497. The van der Waals surface area contributed by atoms with E-state index in [4.69, 9.17) is 0 Å². The minimum Gasteiger partial charge on any atom is -0.357 e. The lowest BCUT2D eigenvalue weighted by Crippen LogP contribution is -2.33. The lowest BCUT2D eigenvalue weighted by atomic mass is 9.85. The van der Waals surface area contributed by atoms with Gasteiger partial charge in [-0.3, -0.25) is 4.79 Å². The lowest BCUT2D eigenvalue weighted by Gasteiger charge is -2.19. The number of ketones is 1. The van der Waals surface area contributed by atoms with Gasteiger partial charge < -0.3 is 9.97 Å². The molecule has 2 N–H and O–H groups in total.